The summed E-state index contributed by atoms with van der Waals surface area (Å²) in [6.45, 7) is 5.67. The van der Waals surface area contributed by atoms with Crippen molar-refractivity contribution in [3.8, 4) is 23.0 Å². The van der Waals surface area contributed by atoms with Gasteiger partial charge in [0.05, 0.1) is 30.9 Å². The fourth-order valence-electron chi connectivity index (χ4n) is 4.74. The molecule has 2 aromatic carbocycles. The molecule has 0 amide bonds. The van der Waals surface area contributed by atoms with Crippen molar-refractivity contribution in [2.24, 2.45) is 0 Å². The summed E-state index contributed by atoms with van der Waals surface area (Å²) in [5.74, 6) is -2.45. The number of fused-ring (bicyclic) bond motifs is 2. The molecule has 0 saturated carbocycles. The summed E-state index contributed by atoms with van der Waals surface area (Å²) in [5.41, 5.74) is 0.161. The van der Waals surface area contributed by atoms with E-state index in [0.717, 1.165) is 26.2 Å². The summed E-state index contributed by atoms with van der Waals surface area (Å²) in [4.78, 5) is 45.0. The number of rotatable bonds is 9. The monoisotopic (exact) mass is 617 g/mol. The van der Waals surface area contributed by atoms with Crippen LogP contribution in [-0.2, 0) is 4.79 Å². The third-order valence-electron chi connectivity index (χ3n) is 7.10. The summed E-state index contributed by atoms with van der Waals surface area (Å²) in [6.07, 6.45) is -5.31. The lowest BCUT2D eigenvalue weighted by Gasteiger charge is -2.32. The molecule has 2 aromatic heterocycles. The van der Waals surface area contributed by atoms with Crippen molar-refractivity contribution in [1.29, 1.82) is 0 Å². The molecule has 5 rings (SSSR count). The molecule has 3 heterocycles. The molecule has 0 aliphatic carbocycles. The van der Waals surface area contributed by atoms with Crippen molar-refractivity contribution >= 4 is 39.7 Å². The molecule has 0 unspecified atom stereocenters. The highest BCUT2D eigenvalue weighted by atomic mass is 19.4. The zero-order valence-corrected chi connectivity index (χ0v) is 24.4. The Balaban J connectivity index is 1.46. The molecule has 0 bridgehead atoms. The van der Waals surface area contributed by atoms with Crippen molar-refractivity contribution in [2.75, 3.05) is 65.9 Å². The lowest BCUT2D eigenvalue weighted by Crippen LogP contribution is -2.45. The van der Waals surface area contributed by atoms with Gasteiger partial charge in [-0.15, -0.1) is 0 Å². The van der Waals surface area contributed by atoms with Crippen molar-refractivity contribution in [3.63, 3.8) is 0 Å². The number of aromatic nitrogens is 4. The Kier molecular flexibility index (Phi) is 8.73. The number of aromatic amines is 1. The molecule has 0 atom stereocenters. The highest BCUT2D eigenvalue weighted by Gasteiger charge is 2.42. The number of esters is 1. The Labute approximate surface area is 248 Å². The number of H-pyrrole nitrogens is 1. The van der Waals surface area contributed by atoms with Gasteiger partial charge in [0, 0.05) is 44.2 Å². The average Bonchev–Trinajstić information content (AvgIpc) is 2.97. The third kappa shape index (κ3) is 6.60. The molecule has 16 heteroatoms. The van der Waals surface area contributed by atoms with Crippen LogP contribution < -0.4 is 29.8 Å². The number of ether oxygens (including phenoxy) is 4. The number of anilines is 2. The zero-order valence-electron chi connectivity index (χ0n) is 24.4. The van der Waals surface area contributed by atoms with Gasteiger partial charge in [-0.1, -0.05) is 0 Å². The van der Waals surface area contributed by atoms with Crippen LogP contribution in [0.1, 0.15) is 5.69 Å². The van der Waals surface area contributed by atoms with Crippen LogP contribution in [0.25, 0.3) is 21.8 Å². The second kappa shape index (κ2) is 12.5. The second-order valence-electron chi connectivity index (χ2n) is 10.1. The highest BCUT2D eigenvalue weighted by Crippen LogP contribution is 2.36. The molecule has 44 heavy (non-hydrogen) atoms. The number of likely N-dealkylation sites (N-methyl/N-ethyl adjacent to an activating group) is 1. The maximum atomic E-state index is 13.2. The number of nitrogens with zero attached hydrogens (tertiary/aromatic N) is 5. The lowest BCUT2D eigenvalue weighted by molar-refractivity contribution is -0.189. The predicted octanol–water partition coefficient (Wildman–Crippen LogP) is 3.03. The number of hydrogen-bond donors (Lipinski definition) is 2. The van der Waals surface area contributed by atoms with Gasteiger partial charge in [-0.25, -0.2) is 19.7 Å². The normalized spacial score (nSPS) is 14.5. The summed E-state index contributed by atoms with van der Waals surface area (Å²) >= 11 is 0. The Morgan fingerprint density at radius 1 is 1.00 bits per heavy atom. The van der Waals surface area contributed by atoms with Gasteiger partial charge in [-0.3, -0.25) is 20.0 Å². The number of aryl methyl sites for hydroxylation is 1. The van der Waals surface area contributed by atoms with Crippen LogP contribution in [0.4, 0.5) is 25.1 Å². The summed E-state index contributed by atoms with van der Waals surface area (Å²) in [5, 5.41) is 3.13. The van der Waals surface area contributed by atoms with Gasteiger partial charge in [0.15, 0.2) is 23.0 Å². The maximum absolute atomic E-state index is 13.2. The van der Waals surface area contributed by atoms with Crippen LogP contribution in [-0.4, -0.2) is 102 Å². The van der Waals surface area contributed by atoms with Gasteiger partial charge < -0.3 is 23.8 Å². The SMILES string of the molecule is COc1cc2nc(Nc3nc4ccc(OCCN5CCN(C)CC5)c(OC(=O)C(F)(F)F)c4c(=O)[nH]3)nc(C)c2cc1OC. The molecular weight excluding hydrogens is 587 g/mol. The summed E-state index contributed by atoms with van der Waals surface area (Å²) in [7, 11) is 5.02. The van der Waals surface area contributed by atoms with Gasteiger partial charge in [0.25, 0.3) is 5.56 Å². The van der Waals surface area contributed by atoms with Crippen molar-refractivity contribution in [3.05, 3.63) is 40.3 Å². The number of alkyl halides is 3. The quantitative estimate of drug-likeness (QED) is 0.210. The number of halogens is 3. The van der Waals surface area contributed by atoms with Crippen molar-refractivity contribution < 1.29 is 36.9 Å². The minimum absolute atomic E-state index is 0.0587. The smallest absolute Gasteiger partial charge is 0.491 e. The minimum Gasteiger partial charge on any atom is -0.493 e. The van der Waals surface area contributed by atoms with E-state index >= 15 is 0 Å². The number of hydrogen-bond acceptors (Lipinski definition) is 12. The molecule has 1 saturated heterocycles. The van der Waals surface area contributed by atoms with Crippen molar-refractivity contribution in [2.45, 2.75) is 13.1 Å². The molecular formula is C28H30F3N7O6. The van der Waals surface area contributed by atoms with E-state index in [2.05, 4.69) is 39.8 Å². The Bertz CT molecular complexity index is 1760. The number of piperazine rings is 1. The number of methoxy groups -OCH3 is 2. The van der Waals surface area contributed by atoms with E-state index in [0.29, 0.717) is 34.6 Å². The molecule has 0 spiro atoms. The van der Waals surface area contributed by atoms with Crippen molar-refractivity contribution in [1.82, 2.24) is 29.7 Å². The maximum Gasteiger partial charge on any atom is 0.491 e. The topological polar surface area (TPSA) is 144 Å². The van der Waals surface area contributed by atoms with E-state index in [4.69, 9.17) is 14.2 Å². The molecule has 13 nitrogen and oxygen atoms in total. The van der Waals surface area contributed by atoms with E-state index < -0.39 is 28.8 Å². The first-order chi connectivity index (χ1) is 21.0. The van der Waals surface area contributed by atoms with E-state index in [-0.39, 0.29) is 29.8 Å². The number of benzene rings is 2. The summed E-state index contributed by atoms with van der Waals surface area (Å²) in [6, 6.07) is 6.09. The lowest BCUT2D eigenvalue weighted by atomic mass is 10.1. The number of carbonyl (C=O) groups is 1. The Hall–Kier alpha value is -4.70. The molecule has 2 N–H and O–H groups in total. The van der Waals surface area contributed by atoms with Gasteiger partial charge in [0.2, 0.25) is 11.9 Å². The molecule has 234 valence electrons. The van der Waals surface area contributed by atoms with Crippen LogP contribution in [0.2, 0.25) is 0 Å². The fraction of sp³-hybridized carbons (Fsp3) is 0.393. The largest absolute Gasteiger partial charge is 0.493 e. The Morgan fingerprint density at radius 2 is 1.70 bits per heavy atom. The fourth-order valence-corrected chi connectivity index (χ4v) is 4.74. The van der Waals surface area contributed by atoms with Gasteiger partial charge >= 0.3 is 12.1 Å². The molecule has 1 fully saturated rings. The van der Waals surface area contributed by atoms with Gasteiger partial charge in [0.1, 0.15) is 12.0 Å². The highest BCUT2D eigenvalue weighted by molar-refractivity contribution is 5.91. The van der Waals surface area contributed by atoms with Crippen LogP contribution in [0, 0.1) is 6.92 Å². The number of carbonyl (C=O) groups excluding carboxylic acids is 1. The van der Waals surface area contributed by atoms with E-state index in [1.807, 2.05) is 7.05 Å². The molecule has 0 radical (unpaired) electrons. The van der Waals surface area contributed by atoms with Gasteiger partial charge in [-0.05, 0) is 32.2 Å². The van der Waals surface area contributed by atoms with E-state index in [1.165, 1.54) is 26.4 Å². The second-order valence-corrected chi connectivity index (χ2v) is 10.1. The molecule has 4 aromatic rings. The van der Waals surface area contributed by atoms with Crippen LogP contribution >= 0.6 is 0 Å². The molecule has 1 aliphatic rings. The van der Waals surface area contributed by atoms with Crippen LogP contribution in [0.3, 0.4) is 0 Å². The minimum atomic E-state index is -5.31. The van der Waals surface area contributed by atoms with Crippen LogP contribution in [0.15, 0.2) is 29.1 Å². The standard InChI is InChI=1S/C28H30F3N7O6/c1-15-16-13-20(41-3)21(42-4)14-18(16)34-26(32-15)36-27-33-17-5-6-19(43-12-11-38-9-7-37(2)8-10-38)23(22(17)24(39)35-27)44-25(40)28(29,30)31/h5-6,13-14H,7-12H2,1-4H3,(H2,32,33,34,35,36,39). The predicted molar refractivity (Wildman–Crippen MR) is 154 cm³/mol. The van der Waals surface area contributed by atoms with Gasteiger partial charge in [-0.2, -0.15) is 13.2 Å². The first-order valence-electron chi connectivity index (χ1n) is 13.5. The summed E-state index contributed by atoms with van der Waals surface area (Å²) < 4.78 is 60.6. The number of nitrogens with one attached hydrogen (secondary N) is 2. The third-order valence-corrected chi connectivity index (χ3v) is 7.10. The van der Waals surface area contributed by atoms with E-state index in [9.17, 15) is 22.8 Å². The zero-order chi connectivity index (χ0) is 31.6. The van der Waals surface area contributed by atoms with E-state index in [1.54, 1.807) is 19.1 Å². The first-order valence-corrected chi connectivity index (χ1v) is 13.5. The Morgan fingerprint density at radius 3 is 2.39 bits per heavy atom. The molecule has 1 aliphatic heterocycles. The average molecular weight is 618 g/mol. The van der Waals surface area contributed by atoms with Crippen LogP contribution in [0.5, 0.6) is 23.0 Å². The first kappa shape index (κ1) is 30.7.